The first-order valence-corrected chi connectivity index (χ1v) is 3.83. The van der Waals surface area contributed by atoms with Gasteiger partial charge in [0.2, 0.25) is 0 Å². The molecule has 4 nitrogen and oxygen atoms in total. The highest BCUT2D eigenvalue weighted by Gasteiger charge is 2.09. The molecule has 1 atom stereocenters. The van der Waals surface area contributed by atoms with Gasteiger partial charge in [0.15, 0.2) is 0 Å². The van der Waals surface area contributed by atoms with Gasteiger partial charge in [-0.05, 0) is 6.42 Å². The number of nitrogens with zero attached hydrogens (tertiary/aromatic N) is 2. The summed E-state index contributed by atoms with van der Waals surface area (Å²) in [6.45, 7) is 0. The van der Waals surface area contributed by atoms with E-state index in [4.69, 9.17) is 0 Å². The summed E-state index contributed by atoms with van der Waals surface area (Å²) >= 11 is 0. The minimum absolute atomic E-state index is 0.0775. The lowest BCUT2D eigenvalue weighted by atomic mass is 10.1. The Hall–Kier alpha value is -1.58. The standard InChI is InChI=1S/C8H9N3O/c12-8-9-6-10-11(8)7-4-2-1-3-5-7/h1-4,6-7H,5H2,(H,9,10,12)/t7-/m1/s1. The molecule has 0 amide bonds. The van der Waals surface area contributed by atoms with E-state index in [2.05, 4.69) is 10.1 Å². The Morgan fingerprint density at radius 1 is 1.58 bits per heavy atom. The molecule has 1 aromatic heterocycles. The molecule has 0 saturated carbocycles. The Labute approximate surface area is 69.2 Å². The van der Waals surface area contributed by atoms with Crippen LogP contribution in [0.3, 0.4) is 0 Å². The van der Waals surface area contributed by atoms with Gasteiger partial charge in [-0.3, -0.25) is 4.98 Å². The molecule has 1 aliphatic carbocycles. The zero-order chi connectivity index (χ0) is 8.39. The fraction of sp³-hybridized carbons (Fsp3) is 0.250. The molecule has 1 aromatic rings. The zero-order valence-electron chi connectivity index (χ0n) is 6.47. The number of hydrogen-bond acceptors (Lipinski definition) is 2. The average molecular weight is 163 g/mol. The lowest BCUT2D eigenvalue weighted by molar-refractivity contribution is 0.522. The van der Waals surface area contributed by atoms with Gasteiger partial charge in [-0.25, -0.2) is 9.48 Å². The maximum atomic E-state index is 11.1. The van der Waals surface area contributed by atoms with Crippen LogP contribution in [0.15, 0.2) is 35.4 Å². The van der Waals surface area contributed by atoms with Gasteiger partial charge in [-0.1, -0.05) is 24.3 Å². The third-order valence-corrected chi connectivity index (χ3v) is 1.85. The SMILES string of the molecule is O=c1[nH]cnn1[C@@H]1C=CC=CC1. The minimum Gasteiger partial charge on any atom is -0.295 e. The Bertz CT molecular complexity index is 372. The summed E-state index contributed by atoms with van der Waals surface area (Å²) in [6.07, 6.45) is 10.1. The lowest BCUT2D eigenvalue weighted by Gasteiger charge is -2.10. The van der Waals surface area contributed by atoms with Crippen molar-refractivity contribution in [2.45, 2.75) is 12.5 Å². The van der Waals surface area contributed by atoms with Crippen molar-refractivity contribution in [2.24, 2.45) is 0 Å². The highest BCUT2D eigenvalue weighted by Crippen LogP contribution is 2.13. The van der Waals surface area contributed by atoms with E-state index in [1.807, 2.05) is 24.3 Å². The van der Waals surface area contributed by atoms with Crippen molar-refractivity contribution < 1.29 is 0 Å². The Morgan fingerprint density at radius 3 is 3.08 bits per heavy atom. The number of nitrogens with one attached hydrogen (secondary N) is 1. The van der Waals surface area contributed by atoms with E-state index >= 15 is 0 Å². The maximum Gasteiger partial charge on any atom is 0.343 e. The van der Waals surface area contributed by atoms with Gasteiger partial charge in [0.25, 0.3) is 0 Å². The summed E-state index contributed by atoms with van der Waals surface area (Å²) in [5, 5.41) is 3.90. The molecule has 4 heteroatoms. The molecule has 1 N–H and O–H groups in total. The molecule has 0 fully saturated rings. The number of allylic oxidation sites excluding steroid dienone is 4. The summed E-state index contributed by atoms with van der Waals surface area (Å²) in [6, 6.07) is 0.0775. The van der Waals surface area contributed by atoms with Gasteiger partial charge >= 0.3 is 5.69 Å². The van der Waals surface area contributed by atoms with Crippen molar-refractivity contribution in [3.05, 3.63) is 41.1 Å². The fourth-order valence-electron chi connectivity index (χ4n) is 1.25. The van der Waals surface area contributed by atoms with Crippen LogP contribution in [0, 0.1) is 0 Å². The molecule has 0 aliphatic heterocycles. The summed E-state index contributed by atoms with van der Waals surface area (Å²) in [5.41, 5.74) is -0.153. The van der Waals surface area contributed by atoms with E-state index in [0.29, 0.717) is 0 Å². The smallest absolute Gasteiger partial charge is 0.295 e. The van der Waals surface area contributed by atoms with Crippen LogP contribution in [-0.2, 0) is 0 Å². The zero-order valence-corrected chi connectivity index (χ0v) is 6.47. The number of H-pyrrole nitrogens is 1. The van der Waals surface area contributed by atoms with Gasteiger partial charge in [-0.2, -0.15) is 5.10 Å². The Balaban J connectivity index is 2.32. The first kappa shape index (κ1) is 7.09. The van der Waals surface area contributed by atoms with Gasteiger partial charge in [0.05, 0.1) is 6.04 Å². The normalized spacial score (nSPS) is 21.5. The largest absolute Gasteiger partial charge is 0.343 e. The molecule has 0 saturated heterocycles. The second kappa shape index (κ2) is 2.81. The highest BCUT2D eigenvalue weighted by molar-refractivity contribution is 5.12. The number of aromatic nitrogens is 3. The first-order valence-electron chi connectivity index (χ1n) is 3.83. The third kappa shape index (κ3) is 1.11. The molecule has 12 heavy (non-hydrogen) atoms. The monoisotopic (exact) mass is 163 g/mol. The molecule has 0 radical (unpaired) electrons. The lowest BCUT2D eigenvalue weighted by Crippen LogP contribution is -2.22. The van der Waals surface area contributed by atoms with Crippen molar-refractivity contribution in [3.8, 4) is 0 Å². The summed E-state index contributed by atoms with van der Waals surface area (Å²) in [7, 11) is 0. The quantitative estimate of drug-likeness (QED) is 0.660. The second-order valence-corrected chi connectivity index (χ2v) is 2.65. The van der Waals surface area contributed by atoms with Gasteiger partial charge in [-0.15, -0.1) is 0 Å². The van der Waals surface area contributed by atoms with Crippen LogP contribution in [0.2, 0.25) is 0 Å². The van der Waals surface area contributed by atoms with Crippen molar-refractivity contribution >= 4 is 0 Å². The molecule has 1 aliphatic rings. The molecular formula is C8H9N3O. The van der Waals surface area contributed by atoms with E-state index < -0.39 is 0 Å². The molecule has 0 unspecified atom stereocenters. The average Bonchev–Trinajstić information content (AvgIpc) is 2.53. The minimum atomic E-state index is -0.153. The molecule has 0 spiro atoms. The molecule has 0 bridgehead atoms. The van der Waals surface area contributed by atoms with Crippen LogP contribution >= 0.6 is 0 Å². The third-order valence-electron chi connectivity index (χ3n) is 1.85. The number of rotatable bonds is 1. The molecule has 2 rings (SSSR count). The Morgan fingerprint density at radius 2 is 2.50 bits per heavy atom. The molecule has 62 valence electrons. The van der Waals surface area contributed by atoms with E-state index in [-0.39, 0.29) is 11.7 Å². The van der Waals surface area contributed by atoms with Crippen LogP contribution in [-0.4, -0.2) is 14.8 Å². The summed E-state index contributed by atoms with van der Waals surface area (Å²) < 4.78 is 1.44. The second-order valence-electron chi connectivity index (χ2n) is 2.65. The van der Waals surface area contributed by atoms with E-state index in [0.717, 1.165) is 6.42 Å². The van der Waals surface area contributed by atoms with Gasteiger partial charge < -0.3 is 0 Å². The van der Waals surface area contributed by atoms with E-state index in [1.165, 1.54) is 11.0 Å². The highest BCUT2D eigenvalue weighted by atomic mass is 16.1. The predicted octanol–water partition coefficient (Wildman–Crippen LogP) is 0.629. The van der Waals surface area contributed by atoms with E-state index in [9.17, 15) is 4.79 Å². The molecular weight excluding hydrogens is 154 g/mol. The van der Waals surface area contributed by atoms with Crippen LogP contribution in [0.4, 0.5) is 0 Å². The molecule has 0 aromatic carbocycles. The first-order chi connectivity index (χ1) is 5.88. The van der Waals surface area contributed by atoms with Crippen molar-refractivity contribution in [2.75, 3.05) is 0 Å². The predicted molar refractivity (Wildman–Crippen MR) is 44.8 cm³/mol. The van der Waals surface area contributed by atoms with Crippen LogP contribution < -0.4 is 5.69 Å². The molecule has 1 heterocycles. The number of aromatic amines is 1. The van der Waals surface area contributed by atoms with E-state index in [1.54, 1.807) is 0 Å². The van der Waals surface area contributed by atoms with Crippen LogP contribution in [0.5, 0.6) is 0 Å². The summed E-state index contributed by atoms with van der Waals surface area (Å²) in [4.78, 5) is 13.6. The Kier molecular flexibility index (Phi) is 1.66. The van der Waals surface area contributed by atoms with Crippen LogP contribution in [0.25, 0.3) is 0 Å². The van der Waals surface area contributed by atoms with Crippen molar-refractivity contribution in [1.29, 1.82) is 0 Å². The topological polar surface area (TPSA) is 50.7 Å². The van der Waals surface area contributed by atoms with Crippen LogP contribution in [0.1, 0.15) is 12.5 Å². The maximum absolute atomic E-state index is 11.1. The van der Waals surface area contributed by atoms with Gasteiger partial charge in [0, 0.05) is 0 Å². The number of hydrogen-bond donors (Lipinski definition) is 1. The van der Waals surface area contributed by atoms with Crippen molar-refractivity contribution in [1.82, 2.24) is 14.8 Å². The summed E-state index contributed by atoms with van der Waals surface area (Å²) in [5.74, 6) is 0. The van der Waals surface area contributed by atoms with Gasteiger partial charge in [0.1, 0.15) is 6.33 Å². The fourth-order valence-corrected chi connectivity index (χ4v) is 1.25. The van der Waals surface area contributed by atoms with Crippen molar-refractivity contribution in [3.63, 3.8) is 0 Å².